The number of hydrogen-bond donors (Lipinski definition) is 0. The lowest BCUT2D eigenvalue weighted by Gasteiger charge is -2.13. The molecule has 3 aromatic rings. The summed E-state index contributed by atoms with van der Waals surface area (Å²) in [5, 5.41) is 1.99. The van der Waals surface area contributed by atoms with Crippen LogP contribution in [-0.4, -0.2) is 23.5 Å². The maximum atomic E-state index is 6.42. The van der Waals surface area contributed by atoms with Crippen molar-refractivity contribution in [3.63, 3.8) is 0 Å². The molecule has 4 nitrogen and oxygen atoms in total. The second-order valence-electron chi connectivity index (χ2n) is 6.24. The molecule has 0 spiro atoms. The molecule has 4 rings (SSSR count). The summed E-state index contributed by atoms with van der Waals surface area (Å²) in [5.41, 5.74) is 4.35. The van der Waals surface area contributed by atoms with Crippen LogP contribution < -0.4 is 0 Å². The van der Waals surface area contributed by atoms with Crippen LogP contribution in [0.25, 0.3) is 11.0 Å². The summed E-state index contributed by atoms with van der Waals surface area (Å²) in [6, 6.07) is 7.81. The van der Waals surface area contributed by atoms with Crippen molar-refractivity contribution in [3.8, 4) is 0 Å². The van der Waals surface area contributed by atoms with E-state index in [1.54, 1.807) is 6.20 Å². The number of rotatable bonds is 4. The van der Waals surface area contributed by atoms with Gasteiger partial charge in [0, 0.05) is 41.5 Å². The van der Waals surface area contributed by atoms with Gasteiger partial charge in [0.15, 0.2) is 0 Å². The zero-order valence-corrected chi connectivity index (χ0v) is 16.8. The maximum Gasteiger partial charge on any atom is 0.135 e. The van der Waals surface area contributed by atoms with Gasteiger partial charge in [-0.05, 0) is 42.8 Å². The van der Waals surface area contributed by atoms with E-state index in [4.69, 9.17) is 20.8 Å². The third kappa shape index (κ3) is 4.16. The first-order valence-electron chi connectivity index (χ1n) is 8.09. The van der Waals surface area contributed by atoms with Crippen LogP contribution in [0, 0.1) is 0 Å². The van der Waals surface area contributed by atoms with E-state index in [1.807, 2.05) is 30.5 Å². The average molecular weight is 416 g/mol. The van der Waals surface area contributed by atoms with Gasteiger partial charge in [0.05, 0.1) is 6.61 Å². The Morgan fingerprint density at radius 1 is 1.19 bits per heavy atom. The molecule has 0 unspecified atom stereocenters. The molecular weight excluding hydrogens is 395 g/mol. The third-order valence-electron chi connectivity index (χ3n) is 4.49. The molecule has 0 saturated carbocycles. The Balaban J connectivity index is 0.00000121. The van der Waals surface area contributed by atoms with Crippen molar-refractivity contribution in [1.82, 2.24) is 9.88 Å². The third-order valence-corrected chi connectivity index (χ3v) is 4.84. The Kier molecular flexibility index (Phi) is 7.33. The van der Waals surface area contributed by atoms with Crippen molar-refractivity contribution in [2.45, 2.75) is 26.2 Å². The van der Waals surface area contributed by atoms with Crippen LogP contribution in [-0.2, 0) is 30.9 Å². The first kappa shape index (κ1) is 21.0. The molecule has 7 heteroatoms. The van der Waals surface area contributed by atoms with Gasteiger partial charge in [-0.15, -0.1) is 24.8 Å². The molecule has 0 N–H and O–H groups in total. The number of likely N-dealkylation sites (N-methyl/N-ethyl adjacent to an activating group) is 1. The minimum atomic E-state index is 0. The van der Waals surface area contributed by atoms with Gasteiger partial charge in [-0.2, -0.15) is 0 Å². The van der Waals surface area contributed by atoms with E-state index in [0.717, 1.165) is 41.4 Å². The van der Waals surface area contributed by atoms with Crippen LogP contribution in [0.4, 0.5) is 0 Å². The number of nitrogens with zero attached hydrogens (tertiary/aromatic N) is 2. The van der Waals surface area contributed by atoms with Crippen LogP contribution in [0.1, 0.15) is 22.5 Å². The predicted octanol–water partition coefficient (Wildman–Crippen LogP) is 5.03. The molecule has 0 saturated heterocycles. The topological polar surface area (TPSA) is 38.5 Å². The fourth-order valence-electron chi connectivity index (χ4n) is 3.28. The van der Waals surface area contributed by atoms with Crippen LogP contribution in [0.3, 0.4) is 0 Å². The minimum absolute atomic E-state index is 0. The Hall–Kier alpha value is -1.30. The van der Waals surface area contributed by atoms with Gasteiger partial charge < -0.3 is 14.1 Å². The van der Waals surface area contributed by atoms with E-state index in [-0.39, 0.29) is 24.8 Å². The van der Waals surface area contributed by atoms with E-state index in [2.05, 4.69) is 16.9 Å². The lowest BCUT2D eigenvalue weighted by molar-refractivity contribution is 0.0925. The number of aromatic nitrogens is 1. The van der Waals surface area contributed by atoms with Gasteiger partial charge in [-0.3, -0.25) is 4.98 Å². The number of ether oxygens (including phenoxy) is 1. The first-order valence-corrected chi connectivity index (χ1v) is 8.47. The molecule has 0 aliphatic carbocycles. The van der Waals surface area contributed by atoms with Crippen molar-refractivity contribution < 1.29 is 9.15 Å². The number of pyridine rings is 1. The van der Waals surface area contributed by atoms with Gasteiger partial charge in [0.1, 0.15) is 18.0 Å². The summed E-state index contributed by atoms with van der Waals surface area (Å²) in [6.07, 6.45) is 4.52. The van der Waals surface area contributed by atoms with Crippen molar-refractivity contribution in [1.29, 1.82) is 0 Å². The standard InChI is InChI=1S/C19H19ClN2O2.2ClH/c1-22-8-6-14-16(20)4-5-17-19(14)15(10-22)18(24-17)12-23-11-13-3-2-7-21-9-13;;/h2-5,7,9H,6,8,10-12H2,1H3;2*1H. The van der Waals surface area contributed by atoms with Crippen LogP contribution in [0.2, 0.25) is 5.02 Å². The normalized spacial score (nSPS) is 13.8. The zero-order valence-electron chi connectivity index (χ0n) is 14.4. The smallest absolute Gasteiger partial charge is 0.135 e. The summed E-state index contributed by atoms with van der Waals surface area (Å²) in [7, 11) is 2.12. The highest BCUT2D eigenvalue weighted by molar-refractivity contribution is 6.32. The molecular formula is C19H21Cl3N2O2. The highest BCUT2D eigenvalue weighted by atomic mass is 35.5. The van der Waals surface area contributed by atoms with Crippen LogP contribution in [0.5, 0.6) is 0 Å². The lowest BCUT2D eigenvalue weighted by Crippen LogP contribution is -2.19. The second-order valence-corrected chi connectivity index (χ2v) is 6.65. The van der Waals surface area contributed by atoms with Crippen molar-refractivity contribution in [3.05, 3.63) is 64.1 Å². The van der Waals surface area contributed by atoms with Crippen molar-refractivity contribution in [2.75, 3.05) is 13.6 Å². The fraction of sp³-hybridized carbons (Fsp3) is 0.316. The molecule has 0 radical (unpaired) electrons. The molecule has 26 heavy (non-hydrogen) atoms. The molecule has 0 atom stereocenters. The lowest BCUT2D eigenvalue weighted by atomic mass is 10.0. The number of halogens is 3. The Morgan fingerprint density at radius 2 is 2.04 bits per heavy atom. The first-order chi connectivity index (χ1) is 11.7. The Morgan fingerprint density at radius 3 is 2.81 bits per heavy atom. The van der Waals surface area contributed by atoms with E-state index in [0.29, 0.717) is 13.2 Å². The molecule has 0 bridgehead atoms. The number of hydrogen-bond acceptors (Lipinski definition) is 4. The molecule has 0 amide bonds. The van der Waals surface area contributed by atoms with Crippen LogP contribution in [0.15, 0.2) is 41.1 Å². The summed E-state index contributed by atoms with van der Waals surface area (Å²) < 4.78 is 11.9. The summed E-state index contributed by atoms with van der Waals surface area (Å²) in [6.45, 7) is 2.81. The quantitative estimate of drug-likeness (QED) is 0.599. The average Bonchev–Trinajstić information content (AvgIpc) is 2.81. The van der Waals surface area contributed by atoms with Gasteiger partial charge in [-0.1, -0.05) is 17.7 Å². The van der Waals surface area contributed by atoms with Gasteiger partial charge >= 0.3 is 0 Å². The van der Waals surface area contributed by atoms with Crippen molar-refractivity contribution >= 4 is 47.4 Å². The predicted molar refractivity (Wildman–Crippen MR) is 108 cm³/mol. The molecule has 1 aliphatic heterocycles. The van der Waals surface area contributed by atoms with Crippen LogP contribution >= 0.6 is 36.4 Å². The maximum absolute atomic E-state index is 6.42. The molecule has 1 aromatic carbocycles. The van der Waals surface area contributed by atoms with E-state index in [1.165, 1.54) is 16.5 Å². The fourth-order valence-corrected chi connectivity index (χ4v) is 3.53. The van der Waals surface area contributed by atoms with Gasteiger partial charge in [0.2, 0.25) is 0 Å². The second kappa shape index (κ2) is 9.07. The highest BCUT2D eigenvalue weighted by Crippen LogP contribution is 2.36. The van der Waals surface area contributed by atoms with Gasteiger partial charge in [0.25, 0.3) is 0 Å². The summed E-state index contributed by atoms with van der Waals surface area (Å²) in [5.74, 6) is 0.895. The number of furan rings is 1. The van der Waals surface area contributed by atoms with E-state index < -0.39 is 0 Å². The summed E-state index contributed by atoms with van der Waals surface area (Å²) >= 11 is 6.42. The van der Waals surface area contributed by atoms with Crippen molar-refractivity contribution in [2.24, 2.45) is 0 Å². The van der Waals surface area contributed by atoms with E-state index >= 15 is 0 Å². The van der Waals surface area contributed by atoms with E-state index in [9.17, 15) is 0 Å². The zero-order chi connectivity index (χ0) is 16.5. The highest BCUT2D eigenvalue weighted by Gasteiger charge is 2.23. The molecule has 1 aliphatic rings. The molecule has 140 valence electrons. The summed E-state index contributed by atoms with van der Waals surface area (Å²) in [4.78, 5) is 6.40. The van der Waals surface area contributed by atoms with Gasteiger partial charge in [-0.25, -0.2) is 0 Å². The Bertz CT molecular complexity index is 868. The molecule has 2 aromatic heterocycles. The minimum Gasteiger partial charge on any atom is -0.458 e. The monoisotopic (exact) mass is 414 g/mol. The SMILES string of the molecule is CN1CCc2c(Cl)ccc3oc(COCc4cccnc4)c(c23)C1.Cl.Cl. The molecule has 3 heterocycles. The molecule has 0 fully saturated rings. The number of benzene rings is 1. The largest absolute Gasteiger partial charge is 0.458 e. The Labute approximate surface area is 170 Å².